The summed E-state index contributed by atoms with van der Waals surface area (Å²) in [4.78, 5) is 2.18. The van der Waals surface area contributed by atoms with Crippen LogP contribution in [0.3, 0.4) is 0 Å². The van der Waals surface area contributed by atoms with E-state index < -0.39 is 0 Å². The molecule has 0 atom stereocenters. The maximum atomic E-state index is 5.34. The van der Waals surface area contributed by atoms with Crippen molar-refractivity contribution in [1.29, 1.82) is 0 Å². The molecule has 0 saturated heterocycles. The molecule has 1 rings (SSSR count). The molecule has 0 saturated carbocycles. The molecule has 38 valence electrons. The molecule has 0 radical (unpaired) electrons. The van der Waals surface area contributed by atoms with Gasteiger partial charge in [0.25, 0.3) is 0 Å². The molecule has 0 aliphatic carbocycles. The molecule has 1 aromatic heterocycles. The molecule has 2 N–H and O–H groups in total. The molecule has 0 aromatic carbocycles. The van der Waals surface area contributed by atoms with E-state index in [1.807, 2.05) is 0 Å². The average Bonchev–Trinajstić information content (AvgIpc) is 2.14. The summed E-state index contributed by atoms with van der Waals surface area (Å²) in [7, 11) is 0. The van der Waals surface area contributed by atoms with Crippen molar-refractivity contribution in [2.75, 3.05) is 0 Å². The van der Waals surface area contributed by atoms with Gasteiger partial charge >= 0.3 is 48.3 Å². The van der Waals surface area contributed by atoms with Crippen molar-refractivity contribution >= 4 is 14.5 Å². The molecular formula is C5H7NSe. The SMILES string of the molecule is NCc1ccc[se]1. The minimum absolute atomic E-state index is 0.592. The van der Waals surface area contributed by atoms with Crippen molar-refractivity contribution in [3.63, 3.8) is 0 Å². The zero-order valence-corrected chi connectivity index (χ0v) is 5.64. The van der Waals surface area contributed by atoms with Crippen LogP contribution in [0.2, 0.25) is 0 Å². The van der Waals surface area contributed by atoms with E-state index >= 15 is 0 Å². The van der Waals surface area contributed by atoms with Crippen LogP contribution in [0.5, 0.6) is 0 Å². The first-order valence-electron chi connectivity index (χ1n) is 2.16. The molecular weight excluding hydrogens is 153 g/mol. The van der Waals surface area contributed by atoms with Gasteiger partial charge in [0.2, 0.25) is 0 Å². The molecule has 0 amide bonds. The van der Waals surface area contributed by atoms with Gasteiger partial charge in [-0.15, -0.1) is 0 Å². The summed E-state index contributed by atoms with van der Waals surface area (Å²) >= 11 is 0.592. The molecule has 0 aliphatic rings. The van der Waals surface area contributed by atoms with Crippen LogP contribution in [0.25, 0.3) is 0 Å². The van der Waals surface area contributed by atoms with E-state index in [0.29, 0.717) is 14.5 Å². The second-order valence-corrected chi connectivity index (χ2v) is 3.45. The van der Waals surface area contributed by atoms with E-state index in [2.05, 4.69) is 17.1 Å². The van der Waals surface area contributed by atoms with Gasteiger partial charge < -0.3 is 0 Å². The Kier molecular flexibility index (Phi) is 1.69. The van der Waals surface area contributed by atoms with E-state index in [4.69, 9.17) is 5.73 Å². The van der Waals surface area contributed by atoms with Gasteiger partial charge in [0.15, 0.2) is 0 Å². The Balaban J connectivity index is 2.76. The van der Waals surface area contributed by atoms with Crippen molar-refractivity contribution in [1.82, 2.24) is 0 Å². The normalized spacial score (nSPS) is 9.29. The first kappa shape index (κ1) is 5.10. The Morgan fingerprint density at radius 1 is 1.71 bits per heavy atom. The Hall–Kier alpha value is -0.0405. The van der Waals surface area contributed by atoms with Crippen molar-refractivity contribution < 1.29 is 0 Å². The standard InChI is InChI=1S/C5H7NSe/c6-4-5-2-1-3-7-5/h1-3H,4,6H2. The molecule has 1 heterocycles. The fourth-order valence-electron chi connectivity index (χ4n) is 0.429. The first-order chi connectivity index (χ1) is 3.43. The van der Waals surface area contributed by atoms with E-state index in [-0.39, 0.29) is 0 Å². The zero-order chi connectivity index (χ0) is 5.11. The molecule has 0 unspecified atom stereocenters. The predicted molar refractivity (Wildman–Crippen MR) is 31.3 cm³/mol. The summed E-state index contributed by atoms with van der Waals surface area (Å²) in [6, 6.07) is 4.17. The van der Waals surface area contributed by atoms with Gasteiger partial charge in [-0.3, -0.25) is 0 Å². The summed E-state index contributed by atoms with van der Waals surface area (Å²) in [6.07, 6.45) is 0. The molecule has 1 nitrogen and oxygen atoms in total. The van der Waals surface area contributed by atoms with Gasteiger partial charge in [-0.05, 0) is 0 Å². The van der Waals surface area contributed by atoms with E-state index in [9.17, 15) is 0 Å². The maximum absolute atomic E-state index is 5.34. The van der Waals surface area contributed by atoms with Gasteiger partial charge in [-0.25, -0.2) is 0 Å². The Bertz CT molecular complexity index is 123. The van der Waals surface area contributed by atoms with Gasteiger partial charge in [0.1, 0.15) is 0 Å². The zero-order valence-electron chi connectivity index (χ0n) is 3.92. The Morgan fingerprint density at radius 2 is 2.57 bits per heavy atom. The van der Waals surface area contributed by atoms with Gasteiger partial charge in [-0.2, -0.15) is 0 Å². The van der Waals surface area contributed by atoms with Crippen LogP contribution in [0.15, 0.2) is 17.1 Å². The molecule has 2 heteroatoms. The molecule has 1 aromatic rings. The van der Waals surface area contributed by atoms with E-state index in [0.717, 1.165) is 6.54 Å². The van der Waals surface area contributed by atoms with Crippen LogP contribution in [0.4, 0.5) is 0 Å². The molecule has 0 fully saturated rings. The molecule has 0 aliphatic heterocycles. The molecule has 7 heavy (non-hydrogen) atoms. The van der Waals surface area contributed by atoms with Crippen molar-refractivity contribution in [3.8, 4) is 0 Å². The topological polar surface area (TPSA) is 26.0 Å². The summed E-state index contributed by atoms with van der Waals surface area (Å²) in [5.41, 5.74) is 5.34. The van der Waals surface area contributed by atoms with Crippen molar-refractivity contribution in [3.05, 3.63) is 21.5 Å². The van der Waals surface area contributed by atoms with Gasteiger partial charge in [-0.1, -0.05) is 0 Å². The van der Waals surface area contributed by atoms with Crippen LogP contribution in [0.1, 0.15) is 4.44 Å². The van der Waals surface area contributed by atoms with Gasteiger partial charge in [0.05, 0.1) is 0 Å². The van der Waals surface area contributed by atoms with Crippen LogP contribution in [0, 0.1) is 0 Å². The average molecular weight is 160 g/mol. The quantitative estimate of drug-likeness (QED) is 0.583. The fraction of sp³-hybridized carbons (Fsp3) is 0.200. The van der Waals surface area contributed by atoms with Crippen molar-refractivity contribution in [2.45, 2.75) is 6.54 Å². The third-order valence-corrected chi connectivity index (χ3v) is 2.67. The van der Waals surface area contributed by atoms with Crippen LogP contribution < -0.4 is 5.73 Å². The summed E-state index contributed by atoms with van der Waals surface area (Å²) in [5, 5.41) is 0. The number of hydrogen-bond donors (Lipinski definition) is 1. The summed E-state index contributed by atoms with van der Waals surface area (Å²) < 4.78 is 1.40. The minimum atomic E-state index is 0.592. The van der Waals surface area contributed by atoms with Crippen LogP contribution in [-0.2, 0) is 6.54 Å². The third-order valence-electron chi connectivity index (χ3n) is 0.781. The number of hydrogen-bond acceptors (Lipinski definition) is 1. The van der Waals surface area contributed by atoms with Crippen molar-refractivity contribution in [2.24, 2.45) is 5.73 Å². The predicted octanol–water partition coefficient (Wildman–Crippen LogP) is 0.202. The van der Waals surface area contributed by atoms with Gasteiger partial charge in [0, 0.05) is 0 Å². The second kappa shape index (κ2) is 2.31. The number of nitrogens with two attached hydrogens (primary N) is 1. The Morgan fingerprint density at radius 3 is 2.86 bits per heavy atom. The van der Waals surface area contributed by atoms with E-state index in [1.165, 1.54) is 4.44 Å². The number of rotatable bonds is 1. The van der Waals surface area contributed by atoms with E-state index in [1.54, 1.807) is 0 Å². The first-order valence-corrected chi connectivity index (χ1v) is 4.00. The second-order valence-electron chi connectivity index (χ2n) is 1.28. The Labute approximate surface area is 48.9 Å². The molecule has 0 bridgehead atoms. The van der Waals surface area contributed by atoms with Crippen LogP contribution >= 0.6 is 0 Å². The summed E-state index contributed by atoms with van der Waals surface area (Å²) in [6.45, 7) is 0.743. The summed E-state index contributed by atoms with van der Waals surface area (Å²) in [5.74, 6) is 0. The van der Waals surface area contributed by atoms with Crippen LogP contribution in [-0.4, -0.2) is 14.5 Å². The molecule has 0 spiro atoms. The monoisotopic (exact) mass is 161 g/mol. The third kappa shape index (κ3) is 1.16. The fourth-order valence-corrected chi connectivity index (χ4v) is 1.66.